The molecule has 0 aliphatic rings. The monoisotopic (exact) mass is 360 g/mol. The molecule has 0 aliphatic heterocycles. The molecule has 0 bridgehead atoms. The van der Waals surface area contributed by atoms with Gasteiger partial charge in [-0.15, -0.1) is 23.1 Å². The number of nitrogens with zero attached hydrogens (tertiary/aromatic N) is 1. The number of rotatable bonds is 4. The van der Waals surface area contributed by atoms with Gasteiger partial charge >= 0.3 is 0 Å². The maximum Gasteiger partial charge on any atom is 0.283 e. The number of hydrogen-bond donors (Lipinski definition) is 1. The van der Waals surface area contributed by atoms with E-state index in [4.69, 9.17) is 11.6 Å². The largest absolute Gasteiger partial charge is 0.283 e. The zero-order valence-electron chi connectivity index (χ0n) is 12.2. The third kappa shape index (κ3) is 3.58. The average Bonchev–Trinajstić information content (AvgIpc) is 2.93. The molecule has 0 atom stereocenters. The van der Waals surface area contributed by atoms with Crippen LogP contribution in [0.25, 0.3) is 10.1 Å². The van der Waals surface area contributed by atoms with Gasteiger partial charge in [-0.3, -0.25) is 4.79 Å². The van der Waals surface area contributed by atoms with Crippen LogP contribution < -0.4 is 5.43 Å². The summed E-state index contributed by atoms with van der Waals surface area (Å²) >= 11 is 9.32. The first kappa shape index (κ1) is 16.1. The van der Waals surface area contributed by atoms with Crippen LogP contribution in [0.4, 0.5) is 0 Å². The van der Waals surface area contributed by atoms with E-state index in [1.54, 1.807) is 18.0 Å². The average molecular weight is 361 g/mol. The Morgan fingerprint density at radius 3 is 2.65 bits per heavy atom. The number of carbonyl (C=O) groups is 1. The van der Waals surface area contributed by atoms with Gasteiger partial charge in [0.05, 0.1) is 11.2 Å². The number of nitrogens with one attached hydrogen (secondary N) is 1. The first-order valence-corrected chi connectivity index (χ1v) is 9.25. The number of fused-ring (bicyclic) bond motifs is 1. The third-order valence-corrected chi connectivity index (χ3v) is 5.65. The molecule has 0 aliphatic carbocycles. The van der Waals surface area contributed by atoms with E-state index in [0.717, 1.165) is 15.6 Å². The second-order valence-electron chi connectivity index (χ2n) is 4.71. The predicted molar refractivity (Wildman–Crippen MR) is 100 cm³/mol. The highest BCUT2D eigenvalue weighted by Crippen LogP contribution is 2.34. The maximum atomic E-state index is 12.2. The molecule has 3 rings (SSSR count). The predicted octanol–water partition coefficient (Wildman–Crippen LogP) is 5.04. The Balaban J connectivity index is 1.72. The minimum atomic E-state index is -0.298. The molecular formula is C17H13ClN2OS2. The van der Waals surface area contributed by atoms with Crippen LogP contribution >= 0.6 is 34.7 Å². The number of hydrogen-bond acceptors (Lipinski definition) is 4. The molecule has 0 radical (unpaired) electrons. The van der Waals surface area contributed by atoms with E-state index in [2.05, 4.69) is 10.5 Å². The van der Waals surface area contributed by atoms with Crippen LogP contribution in [0.5, 0.6) is 0 Å². The van der Waals surface area contributed by atoms with Crippen molar-refractivity contribution in [3.05, 3.63) is 64.0 Å². The summed E-state index contributed by atoms with van der Waals surface area (Å²) in [7, 11) is 0. The molecule has 6 heteroatoms. The van der Waals surface area contributed by atoms with Gasteiger partial charge in [0.2, 0.25) is 0 Å². The number of halogens is 1. The molecule has 23 heavy (non-hydrogen) atoms. The number of thiophene rings is 1. The molecule has 0 unspecified atom stereocenters. The number of benzene rings is 2. The summed E-state index contributed by atoms with van der Waals surface area (Å²) < 4.78 is 0.985. The van der Waals surface area contributed by atoms with Gasteiger partial charge in [0.1, 0.15) is 4.88 Å². The van der Waals surface area contributed by atoms with Crippen molar-refractivity contribution >= 4 is 56.9 Å². The number of thioether (sulfide) groups is 1. The third-order valence-electron chi connectivity index (χ3n) is 3.24. The van der Waals surface area contributed by atoms with E-state index >= 15 is 0 Å². The Hall–Kier alpha value is -1.82. The van der Waals surface area contributed by atoms with Crippen LogP contribution in [0, 0.1) is 0 Å². The zero-order valence-corrected chi connectivity index (χ0v) is 14.6. The lowest BCUT2D eigenvalue weighted by atomic mass is 10.2. The van der Waals surface area contributed by atoms with Gasteiger partial charge in [0.15, 0.2) is 0 Å². The van der Waals surface area contributed by atoms with E-state index in [1.165, 1.54) is 16.2 Å². The van der Waals surface area contributed by atoms with Crippen LogP contribution in [-0.2, 0) is 0 Å². The summed E-state index contributed by atoms with van der Waals surface area (Å²) in [4.78, 5) is 13.9. The second-order valence-corrected chi connectivity index (χ2v) is 7.02. The highest BCUT2D eigenvalue weighted by molar-refractivity contribution is 7.98. The van der Waals surface area contributed by atoms with E-state index in [0.29, 0.717) is 9.90 Å². The Kier molecular flexibility index (Phi) is 5.00. The Labute approximate surface area is 147 Å². The molecule has 3 nitrogen and oxygen atoms in total. The summed E-state index contributed by atoms with van der Waals surface area (Å²) in [6, 6.07) is 15.6. The maximum absolute atomic E-state index is 12.2. The van der Waals surface area contributed by atoms with E-state index in [1.807, 2.05) is 54.8 Å². The van der Waals surface area contributed by atoms with Gasteiger partial charge in [-0.25, -0.2) is 5.43 Å². The van der Waals surface area contributed by atoms with Gasteiger partial charge in [-0.1, -0.05) is 41.9 Å². The Morgan fingerprint density at radius 2 is 1.96 bits per heavy atom. The topological polar surface area (TPSA) is 41.5 Å². The molecule has 1 aromatic heterocycles. The SMILES string of the molecule is CSc1ccc(/C=N/NC(=O)c2sc3ccccc3c2Cl)cc1. The molecule has 3 aromatic rings. The molecule has 0 spiro atoms. The molecule has 116 valence electrons. The van der Waals surface area contributed by atoms with E-state index in [9.17, 15) is 4.79 Å². The molecule has 0 fully saturated rings. The summed E-state index contributed by atoms with van der Waals surface area (Å²) in [6.07, 6.45) is 3.64. The molecular weight excluding hydrogens is 348 g/mol. The van der Waals surface area contributed by atoms with Crippen molar-refractivity contribution in [3.8, 4) is 0 Å². The molecule has 1 amide bonds. The van der Waals surface area contributed by atoms with E-state index < -0.39 is 0 Å². The fourth-order valence-electron chi connectivity index (χ4n) is 2.07. The molecule has 0 saturated carbocycles. The summed E-state index contributed by atoms with van der Waals surface area (Å²) in [5.41, 5.74) is 3.45. The molecule has 2 aromatic carbocycles. The quantitative estimate of drug-likeness (QED) is 0.402. The molecule has 1 N–H and O–H groups in total. The lowest BCUT2D eigenvalue weighted by Gasteiger charge is -1.98. The summed E-state index contributed by atoms with van der Waals surface area (Å²) in [5.74, 6) is -0.298. The van der Waals surface area contributed by atoms with Crippen molar-refractivity contribution in [1.29, 1.82) is 0 Å². The minimum absolute atomic E-state index is 0.298. The fraction of sp³-hybridized carbons (Fsp3) is 0.0588. The van der Waals surface area contributed by atoms with Crippen molar-refractivity contribution < 1.29 is 4.79 Å². The van der Waals surface area contributed by atoms with Gasteiger partial charge in [-0.2, -0.15) is 5.10 Å². The molecule has 0 saturated heterocycles. The lowest BCUT2D eigenvalue weighted by Crippen LogP contribution is -2.16. The van der Waals surface area contributed by atoms with Crippen LogP contribution in [0.3, 0.4) is 0 Å². The van der Waals surface area contributed by atoms with Crippen LogP contribution in [0.15, 0.2) is 58.5 Å². The lowest BCUT2D eigenvalue weighted by molar-refractivity contribution is 0.0959. The number of hydrazone groups is 1. The Morgan fingerprint density at radius 1 is 1.22 bits per heavy atom. The van der Waals surface area contributed by atoms with Gasteiger partial charge in [-0.05, 0) is 30.0 Å². The van der Waals surface area contributed by atoms with Crippen molar-refractivity contribution in [2.45, 2.75) is 4.90 Å². The van der Waals surface area contributed by atoms with Crippen molar-refractivity contribution in [2.24, 2.45) is 5.10 Å². The number of carbonyl (C=O) groups excluding carboxylic acids is 1. The summed E-state index contributed by atoms with van der Waals surface area (Å²) in [6.45, 7) is 0. The van der Waals surface area contributed by atoms with Gasteiger partial charge in [0, 0.05) is 15.0 Å². The fourth-order valence-corrected chi connectivity index (χ4v) is 3.88. The zero-order chi connectivity index (χ0) is 16.2. The Bertz CT molecular complexity index is 872. The molecule has 1 heterocycles. The first-order chi connectivity index (χ1) is 11.2. The van der Waals surface area contributed by atoms with E-state index in [-0.39, 0.29) is 5.91 Å². The van der Waals surface area contributed by atoms with Crippen LogP contribution in [0.1, 0.15) is 15.2 Å². The highest BCUT2D eigenvalue weighted by Gasteiger charge is 2.16. The second kappa shape index (κ2) is 7.17. The normalized spacial score (nSPS) is 11.2. The van der Waals surface area contributed by atoms with Crippen LogP contribution in [-0.4, -0.2) is 18.4 Å². The van der Waals surface area contributed by atoms with Crippen molar-refractivity contribution in [3.63, 3.8) is 0 Å². The number of amides is 1. The minimum Gasteiger partial charge on any atom is -0.266 e. The van der Waals surface area contributed by atoms with Gasteiger partial charge in [0.25, 0.3) is 5.91 Å². The highest BCUT2D eigenvalue weighted by atomic mass is 35.5. The smallest absolute Gasteiger partial charge is 0.266 e. The summed E-state index contributed by atoms with van der Waals surface area (Å²) in [5, 5.41) is 5.37. The van der Waals surface area contributed by atoms with Crippen molar-refractivity contribution in [1.82, 2.24) is 5.43 Å². The van der Waals surface area contributed by atoms with Crippen LogP contribution in [0.2, 0.25) is 5.02 Å². The van der Waals surface area contributed by atoms with Crippen molar-refractivity contribution in [2.75, 3.05) is 6.26 Å². The standard InChI is InChI=1S/C17H13ClN2OS2/c1-22-12-8-6-11(7-9-12)10-19-20-17(21)16-15(18)13-4-2-3-5-14(13)23-16/h2-10H,1H3,(H,20,21)/b19-10+. The first-order valence-electron chi connectivity index (χ1n) is 6.83. The van der Waals surface area contributed by atoms with Gasteiger partial charge < -0.3 is 0 Å².